The zero-order valence-electron chi connectivity index (χ0n) is 27.7. The van der Waals surface area contributed by atoms with Crippen molar-refractivity contribution in [3.8, 4) is 51.3 Å². The molecule has 6 aromatic heterocycles. The number of hydrogen-bond acceptors (Lipinski definition) is 10. The zero-order chi connectivity index (χ0) is 34.2. The lowest BCUT2D eigenvalue weighted by Crippen LogP contribution is -2.25. The maximum absolute atomic E-state index is 12.3. The summed E-state index contributed by atoms with van der Waals surface area (Å²) in [4.78, 5) is 34.8. The number of rotatable bonds is 16. The van der Waals surface area contributed by atoms with Gasteiger partial charge < -0.3 is 14.8 Å². The second kappa shape index (κ2) is 17.9. The van der Waals surface area contributed by atoms with Crippen molar-refractivity contribution in [1.82, 2.24) is 40.4 Å². The van der Waals surface area contributed by atoms with E-state index in [1.165, 1.54) is 0 Å². The molecule has 0 aliphatic heterocycles. The van der Waals surface area contributed by atoms with Crippen LogP contribution in [0.1, 0.15) is 37.7 Å². The van der Waals surface area contributed by atoms with Crippen LogP contribution in [0.2, 0.25) is 0 Å². The molecule has 6 heterocycles. The van der Waals surface area contributed by atoms with Gasteiger partial charge in [-0.15, -0.1) is 10.2 Å². The minimum atomic E-state index is -0.403. The Morgan fingerprint density at radius 2 is 1.14 bits per heavy atom. The molecule has 11 heteroatoms. The second-order valence-electron chi connectivity index (χ2n) is 11.5. The number of aromatic nitrogens is 7. The molecule has 252 valence electrons. The lowest BCUT2D eigenvalue weighted by molar-refractivity contribution is 0.144. The molecule has 1 amide bonds. The molecule has 6 aromatic rings. The number of hydrogen-bond donors (Lipinski definition) is 1. The number of carbonyl (C=O) groups is 1. The van der Waals surface area contributed by atoms with Gasteiger partial charge in [0.15, 0.2) is 0 Å². The Labute approximate surface area is 291 Å². The van der Waals surface area contributed by atoms with E-state index < -0.39 is 6.09 Å². The first-order valence-electron chi connectivity index (χ1n) is 16.8. The van der Waals surface area contributed by atoms with E-state index in [9.17, 15) is 4.79 Å². The highest BCUT2D eigenvalue weighted by atomic mass is 16.5. The van der Waals surface area contributed by atoms with Crippen molar-refractivity contribution in [2.24, 2.45) is 0 Å². The first-order valence-corrected chi connectivity index (χ1v) is 16.8. The van der Waals surface area contributed by atoms with Crippen molar-refractivity contribution in [2.75, 3.05) is 19.8 Å². The van der Waals surface area contributed by atoms with E-state index in [0.29, 0.717) is 37.6 Å². The Bertz CT molecular complexity index is 1870. The number of pyridine rings is 5. The van der Waals surface area contributed by atoms with Crippen LogP contribution in [-0.4, -0.2) is 61.0 Å². The molecular weight excluding hydrogens is 628 g/mol. The van der Waals surface area contributed by atoms with Gasteiger partial charge in [-0.3, -0.25) is 19.9 Å². The maximum atomic E-state index is 12.3. The summed E-state index contributed by atoms with van der Waals surface area (Å²) in [6, 6.07) is 28.7. The van der Waals surface area contributed by atoms with Crippen LogP contribution in [0.5, 0.6) is 5.75 Å². The van der Waals surface area contributed by atoms with Gasteiger partial charge in [0.05, 0.1) is 47.4 Å². The predicted octanol–water partition coefficient (Wildman–Crippen LogP) is 7.42. The molecule has 0 aromatic carbocycles. The Morgan fingerprint density at radius 3 is 1.74 bits per heavy atom. The largest absolute Gasteiger partial charge is 0.493 e. The minimum absolute atomic E-state index is 0.330. The molecule has 0 atom stereocenters. The van der Waals surface area contributed by atoms with Crippen molar-refractivity contribution < 1.29 is 14.3 Å². The summed E-state index contributed by atoms with van der Waals surface area (Å²) < 4.78 is 11.5. The first kappa shape index (κ1) is 33.8. The molecule has 0 radical (unpaired) electrons. The Hall–Kier alpha value is -6.10. The maximum Gasteiger partial charge on any atom is 0.407 e. The van der Waals surface area contributed by atoms with E-state index in [4.69, 9.17) is 14.5 Å². The first-order chi connectivity index (χ1) is 24.7. The van der Waals surface area contributed by atoms with E-state index in [1.54, 1.807) is 24.8 Å². The normalized spacial score (nSPS) is 10.8. The fraction of sp³-hybridized carbons (Fsp3) is 0.231. The number of unbranched alkanes of at least 4 members (excludes halogenated alkanes) is 3. The van der Waals surface area contributed by atoms with E-state index >= 15 is 0 Å². The van der Waals surface area contributed by atoms with E-state index in [-0.39, 0.29) is 0 Å². The SMILES string of the molecule is O=C(NCCCCCOc1cc(-c2ccccn2)nc(-c2ccccn2)c1)OCCCCc1cc(-c2ccccn2)nnc1-c1ccccn1. The summed E-state index contributed by atoms with van der Waals surface area (Å²) >= 11 is 0. The van der Waals surface area contributed by atoms with E-state index in [0.717, 1.165) is 77.5 Å². The smallest absolute Gasteiger partial charge is 0.407 e. The summed E-state index contributed by atoms with van der Waals surface area (Å²) in [6.07, 6.45) is 11.4. The number of amides is 1. The highest BCUT2D eigenvalue weighted by Crippen LogP contribution is 2.27. The van der Waals surface area contributed by atoms with Gasteiger partial charge in [0.1, 0.15) is 17.1 Å². The monoisotopic (exact) mass is 666 g/mol. The van der Waals surface area contributed by atoms with Crippen LogP contribution in [0.4, 0.5) is 4.79 Å². The number of carbonyl (C=O) groups excluding carboxylic acids is 1. The van der Waals surface area contributed by atoms with Crippen LogP contribution < -0.4 is 10.1 Å². The van der Waals surface area contributed by atoms with Gasteiger partial charge in [-0.1, -0.05) is 24.3 Å². The molecular formula is C39H38N8O3. The Morgan fingerprint density at radius 1 is 0.560 bits per heavy atom. The molecule has 0 saturated carbocycles. The van der Waals surface area contributed by atoms with Crippen LogP contribution in [0, 0.1) is 0 Å². The molecule has 0 fully saturated rings. The van der Waals surface area contributed by atoms with Crippen molar-refractivity contribution in [2.45, 2.75) is 38.5 Å². The average Bonchev–Trinajstić information content (AvgIpc) is 3.18. The third-order valence-electron chi connectivity index (χ3n) is 7.79. The fourth-order valence-electron chi connectivity index (χ4n) is 5.28. The Balaban J connectivity index is 0.901. The molecule has 0 aliphatic rings. The number of nitrogens with one attached hydrogen (secondary N) is 1. The molecule has 1 N–H and O–H groups in total. The van der Waals surface area contributed by atoms with Gasteiger partial charge in [0, 0.05) is 43.5 Å². The standard InChI is InChI=1S/C39H38N8O3/c48-39(50-25-13-6-14-29-26-37(33-17-4-10-21-42-33)46-47-38(29)34-18-5-11-22-43-34)44-23-7-1-12-24-49-30-27-35(31-15-2-8-19-40-31)45-36(28-30)32-16-3-9-20-41-32/h2-5,8-11,15-22,26-28H,1,6-7,12-14,23-25H2,(H,44,48). The van der Waals surface area contributed by atoms with Gasteiger partial charge in [-0.25, -0.2) is 9.78 Å². The third-order valence-corrected chi connectivity index (χ3v) is 7.79. The highest BCUT2D eigenvalue weighted by Gasteiger charge is 2.13. The number of nitrogens with zero attached hydrogens (tertiary/aromatic N) is 7. The summed E-state index contributed by atoms with van der Waals surface area (Å²) in [5.41, 5.74) is 7.01. The number of ether oxygens (including phenoxy) is 2. The van der Waals surface area contributed by atoms with Gasteiger partial charge >= 0.3 is 6.09 Å². The van der Waals surface area contributed by atoms with Crippen LogP contribution in [0.15, 0.2) is 116 Å². The van der Waals surface area contributed by atoms with Gasteiger partial charge in [0.25, 0.3) is 0 Å². The summed E-state index contributed by atoms with van der Waals surface area (Å²) in [5, 5.41) is 11.7. The highest BCUT2D eigenvalue weighted by molar-refractivity contribution is 5.67. The molecule has 0 unspecified atom stereocenters. The summed E-state index contributed by atoms with van der Waals surface area (Å²) in [6.45, 7) is 1.40. The molecule has 0 saturated heterocycles. The van der Waals surface area contributed by atoms with E-state index in [1.807, 2.05) is 91.0 Å². The molecule has 6 rings (SSSR count). The Kier molecular flexibility index (Phi) is 12.1. The van der Waals surface area contributed by atoms with Crippen LogP contribution in [0.3, 0.4) is 0 Å². The van der Waals surface area contributed by atoms with Gasteiger partial charge in [-0.2, -0.15) is 0 Å². The van der Waals surface area contributed by atoms with Crippen molar-refractivity contribution in [3.05, 3.63) is 121 Å². The number of alkyl carbamates (subject to hydrolysis) is 1. The van der Waals surface area contributed by atoms with Gasteiger partial charge in [0.2, 0.25) is 0 Å². The third kappa shape index (κ3) is 9.72. The molecule has 0 aliphatic carbocycles. The minimum Gasteiger partial charge on any atom is -0.493 e. The predicted molar refractivity (Wildman–Crippen MR) is 191 cm³/mol. The topological polar surface area (TPSA) is 138 Å². The summed E-state index contributed by atoms with van der Waals surface area (Å²) in [5.74, 6) is 0.713. The van der Waals surface area contributed by atoms with E-state index in [2.05, 4.69) is 35.5 Å². The van der Waals surface area contributed by atoms with Crippen molar-refractivity contribution in [3.63, 3.8) is 0 Å². The zero-order valence-corrected chi connectivity index (χ0v) is 27.7. The lowest BCUT2D eigenvalue weighted by atomic mass is 10.0. The average molecular weight is 667 g/mol. The number of aryl methyl sites for hydroxylation is 1. The van der Waals surface area contributed by atoms with Crippen LogP contribution in [-0.2, 0) is 11.2 Å². The molecule has 0 spiro atoms. The van der Waals surface area contributed by atoms with Crippen LogP contribution >= 0.6 is 0 Å². The van der Waals surface area contributed by atoms with Crippen molar-refractivity contribution in [1.29, 1.82) is 0 Å². The van der Waals surface area contributed by atoms with Crippen LogP contribution in [0.25, 0.3) is 45.6 Å². The van der Waals surface area contributed by atoms with Gasteiger partial charge in [-0.05, 0) is 98.7 Å². The second-order valence-corrected chi connectivity index (χ2v) is 11.5. The molecule has 50 heavy (non-hydrogen) atoms. The molecule has 0 bridgehead atoms. The fourth-order valence-corrected chi connectivity index (χ4v) is 5.28. The molecule has 11 nitrogen and oxygen atoms in total. The quantitative estimate of drug-likeness (QED) is 0.104. The summed E-state index contributed by atoms with van der Waals surface area (Å²) in [7, 11) is 0. The van der Waals surface area contributed by atoms with Crippen molar-refractivity contribution >= 4 is 6.09 Å². The lowest BCUT2D eigenvalue weighted by Gasteiger charge is -2.11.